The zero-order chi connectivity index (χ0) is 17.6. The Morgan fingerprint density at radius 2 is 2.16 bits per heavy atom. The van der Waals surface area contributed by atoms with Gasteiger partial charge in [0.25, 0.3) is 0 Å². The number of carbonyl (C=O) groups is 1. The number of hydrogen-bond acceptors (Lipinski definition) is 6. The third-order valence-corrected chi connectivity index (χ3v) is 5.05. The van der Waals surface area contributed by atoms with Crippen molar-refractivity contribution >= 4 is 5.97 Å². The molecule has 2 aliphatic heterocycles. The highest BCUT2D eigenvalue weighted by Crippen LogP contribution is 2.36. The number of hydroxylamine groups is 2. The van der Waals surface area contributed by atoms with Crippen LogP contribution in [0.3, 0.4) is 0 Å². The summed E-state index contributed by atoms with van der Waals surface area (Å²) >= 11 is 0. The molecular formula is C19H27NO5. The van der Waals surface area contributed by atoms with Crippen molar-refractivity contribution in [3.8, 4) is 0 Å². The summed E-state index contributed by atoms with van der Waals surface area (Å²) in [6.45, 7) is 1.72. The fourth-order valence-corrected chi connectivity index (χ4v) is 3.73. The predicted molar refractivity (Wildman–Crippen MR) is 91.4 cm³/mol. The number of aliphatic hydroxyl groups is 1. The molecule has 1 aromatic carbocycles. The number of fused-ring (bicyclic) bond motifs is 1. The second-order valence-corrected chi connectivity index (χ2v) is 6.72. The number of nitrogens with zero attached hydrogens (tertiary/aromatic N) is 1. The molecule has 6 nitrogen and oxygen atoms in total. The maximum atomic E-state index is 12.2. The van der Waals surface area contributed by atoms with Crippen molar-refractivity contribution in [2.24, 2.45) is 5.92 Å². The number of ether oxygens (including phenoxy) is 2. The van der Waals surface area contributed by atoms with E-state index in [1.807, 2.05) is 35.4 Å². The minimum atomic E-state index is -0.759. The summed E-state index contributed by atoms with van der Waals surface area (Å²) in [6, 6.07) is 9.91. The lowest BCUT2D eigenvalue weighted by Gasteiger charge is -2.28. The number of hydrogen-bond donors (Lipinski definition) is 1. The van der Waals surface area contributed by atoms with Gasteiger partial charge in [-0.25, -0.2) is 0 Å². The number of carbonyl (C=O) groups excluding carboxylic acids is 1. The average Bonchev–Trinajstić information content (AvgIpc) is 3.05. The van der Waals surface area contributed by atoms with Gasteiger partial charge in [-0.3, -0.25) is 9.63 Å². The van der Waals surface area contributed by atoms with E-state index in [0.29, 0.717) is 19.6 Å². The molecule has 1 aromatic rings. The van der Waals surface area contributed by atoms with E-state index in [1.54, 1.807) is 0 Å². The van der Waals surface area contributed by atoms with Crippen LogP contribution in [0.4, 0.5) is 0 Å². The largest absolute Gasteiger partial charge is 0.469 e. The molecule has 0 spiro atoms. The van der Waals surface area contributed by atoms with Crippen molar-refractivity contribution in [1.29, 1.82) is 0 Å². The van der Waals surface area contributed by atoms with Crippen molar-refractivity contribution < 1.29 is 24.2 Å². The molecule has 0 bridgehead atoms. The van der Waals surface area contributed by atoms with Crippen LogP contribution in [0, 0.1) is 5.92 Å². The van der Waals surface area contributed by atoms with Gasteiger partial charge in [0.15, 0.2) is 0 Å². The lowest BCUT2D eigenvalue weighted by atomic mass is 9.86. The van der Waals surface area contributed by atoms with E-state index in [9.17, 15) is 9.90 Å². The summed E-state index contributed by atoms with van der Waals surface area (Å²) in [6.07, 6.45) is 2.12. The minimum Gasteiger partial charge on any atom is -0.469 e. The highest BCUT2D eigenvalue weighted by Gasteiger charge is 2.51. The topological polar surface area (TPSA) is 68.2 Å². The second kappa shape index (κ2) is 8.76. The molecule has 2 saturated heterocycles. The molecular weight excluding hydrogens is 322 g/mol. The lowest BCUT2D eigenvalue weighted by Crippen LogP contribution is -2.42. The fourth-order valence-electron chi connectivity index (χ4n) is 3.73. The highest BCUT2D eigenvalue weighted by atomic mass is 16.7. The summed E-state index contributed by atoms with van der Waals surface area (Å²) in [4.78, 5) is 18.1. The van der Waals surface area contributed by atoms with Crippen LogP contribution in [-0.4, -0.2) is 54.7 Å². The molecule has 3 rings (SSSR count). The van der Waals surface area contributed by atoms with E-state index < -0.39 is 18.1 Å². The lowest BCUT2D eigenvalue weighted by molar-refractivity contribution is -0.195. The molecule has 2 heterocycles. The normalized spacial score (nSPS) is 27.7. The van der Waals surface area contributed by atoms with Crippen LogP contribution < -0.4 is 0 Å². The van der Waals surface area contributed by atoms with Crippen molar-refractivity contribution in [2.75, 3.05) is 20.3 Å². The third-order valence-electron chi connectivity index (χ3n) is 5.05. The number of aliphatic hydroxyl groups excluding tert-OH is 1. The number of methoxy groups -OCH3 is 1. The first-order valence-electron chi connectivity index (χ1n) is 9.01. The van der Waals surface area contributed by atoms with Gasteiger partial charge in [-0.05, 0) is 24.8 Å². The van der Waals surface area contributed by atoms with E-state index in [2.05, 4.69) is 0 Å². The Balaban J connectivity index is 1.52. The summed E-state index contributed by atoms with van der Waals surface area (Å²) in [5.41, 5.74) is 1.10. The van der Waals surface area contributed by atoms with E-state index in [1.165, 1.54) is 7.11 Å². The van der Waals surface area contributed by atoms with Crippen LogP contribution in [0.5, 0.6) is 0 Å². The quantitative estimate of drug-likeness (QED) is 0.599. The molecule has 25 heavy (non-hydrogen) atoms. The van der Waals surface area contributed by atoms with E-state index in [-0.39, 0.29) is 12.0 Å². The highest BCUT2D eigenvalue weighted by molar-refractivity contribution is 5.74. The summed E-state index contributed by atoms with van der Waals surface area (Å²) < 4.78 is 10.6. The number of piperidine rings is 1. The van der Waals surface area contributed by atoms with Crippen LogP contribution >= 0.6 is 0 Å². The monoisotopic (exact) mass is 349 g/mol. The number of rotatable bonds is 7. The van der Waals surface area contributed by atoms with Gasteiger partial charge in [0.1, 0.15) is 12.0 Å². The molecule has 2 aliphatic rings. The van der Waals surface area contributed by atoms with Gasteiger partial charge in [-0.2, -0.15) is 5.06 Å². The Hall–Kier alpha value is -1.47. The maximum absolute atomic E-state index is 12.2. The van der Waals surface area contributed by atoms with Gasteiger partial charge >= 0.3 is 5.97 Å². The van der Waals surface area contributed by atoms with Gasteiger partial charge in [0.05, 0.1) is 25.9 Å². The van der Waals surface area contributed by atoms with Crippen LogP contribution in [0.15, 0.2) is 30.3 Å². The van der Waals surface area contributed by atoms with Gasteiger partial charge in [0.2, 0.25) is 0 Å². The molecule has 0 unspecified atom stereocenters. The summed E-state index contributed by atoms with van der Waals surface area (Å²) in [5, 5.41) is 12.4. The molecule has 0 saturated carbocycles. The second-order valence-electron chi connectivity index (χ2n) is 6.72. The van der Waals surface area contributed by atoms with E-state index in [0.717, 1.165) is 31.4 Å². The molecule has 138 valence electrons. The summed E-state index contributed by atoms with van der Waals surface area (Å²) in [5.74, 6) is -0.738. The smallest absolute Gasteiger partial charge is 0.313 e. The van der Waals surface area contributed by atoms with Gasteiger partial charge in [0, 0.05) is 13.2 Å². The fraction of sp³-hybridized carbons (Fsp3) is 0.632. The first-order chi connectivity index (χ1) is 12.2. The molecule has 6 heteroatoms. The third kappa shape index (κ3) is 4.39. The van der Waals surface area contributed by atoms with Crippen LogP contribution in [0.2, 0.25) is 0 Å². The molecule has 0 aliphatic carbocycles. The molecule has 0 radical (unpaired) electrons. The number of esters is 1. The van der Waals surface area contributed by atoms with Crippen molar-refractivity contribution in [3.63, 3.8) is 0 Å². The van der Waals surface area contributed by atoms with Crippen LogP contribution in [-0.2, 0) is 25.7 Å². The SMILES string of the molecule is COC(=O)[C@@H]1[C@@H]([C@@H](O)CCOCc2ccccc2)ON2CCCC[C@H]12. The molecule has 0 amide bonds. The average molecular weight is 349 g/mol. The Kier molecular flexibility index (Phi) is 6.42. The first-order valence-corrected chi connectivity index (χ1v) is 9.01. The van der Waals surface area contributed by atoms with E-state index in [4.69, 9.17) is 14.3 Å². The van der Waals surface area contributed by atoms with Gasteiger partial charge in [-0.15, -0.1) is 0 Å². The predicted octanol–water partition coefficient (Wildman–Crippen LogP) is 1.91. The molecule has 4 atom stereocenters. The molecule has 1 N–H and O–H groups in total. The standard InChI is InChI=1S/C19H27NO5/c1-23-19(22)17-15-9-5-6-11-20(15)25-18(17)16(21)10-12-24-13-14-7-3-2-4-8-14/h2-4,7-8,15-18,21H,5-6,9-13H2,1H3/t15-,16+,17+,18-/m1/s1. The van der Waals surface area contributed by atoms with Crippen molar-refractivity contribution in [1.82, 2.24) is 5.06 Å². The Labute approximate surface area is 148 Å². The minimum absolute atomic E-state index is 0.00564. The zero-order valence-electron chi connectivity index (χ0n) is 14.7. The Morgan fingerprint density at radius 1 is 1.36 bits per heavy atom. The number of benzene rings is 1. The molecule has 2 fully saturated rings. The first kappa shape index (κ1) is 18.3. The Morgan fingerprint density at radius 3 is 2.92 bits per heavy atom. The zero-order valence-corrected chi connectivity index (χ0v) is 14.7. The van der Waals surface area contributed by atoms with Crippen molar-refractivity contribution in [2.45, 2.75) is 50.5 Å². The summed E-state index contributed by atoms with van der Waals surface area (Å²) in [7, 11) is 1.39. The van der Waals surface area contributed by atoms with Crippen molar-refractivity contribution in [3.05, 3.63) is 35.9 Å². The van der Waals surface area contributed by atoms with Crippen LogP contribution in [0.1, 0.15) is 31.2 Å². The van der Waals surface area contributed by atoms with E-state index >= 15 is 0 Å². The maximum Gasteiger partial charge on any atom is 0.313 e. The molecule has 0 aromatic heterocycles. The Bertz CT molecular complexity index is 552. The van der Waals surface area contributed by atoms with Gasteiger partial charge < -0.3 is 14.6 Å². The van der Waals surface area contributed by atoms with Gasteiger partial charge in [-0.1, -0.05) is 36.8 Å². The van der Waals surface area contributed by atoms with Crippen LogP contribution in [0.25, 0.3) is 0 Å².